The van der Waals surface area contributed by atoms with Gasteiger partial charge < -0.3 is 19.8 Å². The molecule has 6 nitrogen and oxygen atoms in total. The number of fused-ring (bicyclic) bond motifs is 6. The summed E-state index contributed by atoms with van der Waals surface area (Å²) < 4.78 is 4.75. The zero-order valence-corrected chi connectivity index (χ0v) is 28.6. The summed E-state index contributed by atoms with van der Waals surface area (Å²) in [5, 5.41) is 13.7. The third-order valence-corrected chi connectivity index (χ3v) is 9.73. The summed E-state index contributed by atoms with van der Waals surface area (Å²) in [6, 6.07) is 37.6. The standard InChI is InChI=1S/C41H36Cl2N6/c42-30-10-5-8-28(22-30)26-48-38-14-3-1-12-32(38)34-16-20-46-36(40(34)48)24-44-18-7-19-45-25-37-41-35(17-21-47-37)33-13-2-4-15-39(33)49(41)27-29-9-6-11-31(43)23-29/h1-6,8-17,20-23,44-45H,7,18-19,24-27H2. The van der Waals surface area contributed by atoms with Crippen LogP contribution in [0.3, 0.4) is 0 Å². The molecule has 2 N–H and O–H groups in total. The summed E-state index contributed by atoms with van der Waals surface area (Å²) in [4.78, 5) is 9.69. The normalized spacial score (nSPS) is 11.8. The number of aromatic nitrogens is 4. The van der Waals surface area contributed by atoms with Crippen LogP contribution < -0.4 is 10.6 Å². The van der Waals surface area contributed by atoms with Gasteiger partial charge in [-0.2, -0.15) is 0 Å². The summed E-state index contributed by atoms with van der Waals surface area (Å²) in [7, 11) is 0. The molecule has 4 aromatic heterocycles. The molecule has 49 heavy (non-hydrogen) atoms. The van der Waals surface area contributed by atoms with Crippen molar-refractivity contribution in [1.29, 1.82) is 0 Å². The molecule has 8 rings (SSSR count). The van der Waals surface area contributed by atoms with Crippen LogP contribution in [0.25, 0.3) is 43.6 Å². The fourth-order valence-electron chi connectivity index (χ4n) is 7.12. The minimum atomic E-state index is 0.688. The molecule has 8 heteroatoms. The maximum atomic E-state index is 6.35. The van der Waals surface area contributed by atoms with Gasteiger partial charge in [0.15, 0.2) is 0 Å². The Kier molecular flexibility index (Phi) is 9.03. The number of pyridine rings is 2. The Balaban J connectivity index is 0.951. The van der Waals surface area contributed by atoms with E-state index in [4.69, 9.17) is 33.2 Å². The van der Waals surface area contributed by atoms with Crippen LogP contribution in [-0.4, -0.2) is 32.2 Å². The molecule has 0 saturated heterocycles. The van der Waals surface area contributed by atoms with Gasteiger partial charge in [0.2, 0.25) is 0 Å². The van der Waals surface area contributed by atoms with E-state index in [1.165, 1.54) is 54.7 Å². The van der Waals surface area contributed by atoms with Crippen molar-refractivity contribution in [2.45, 2.75) is 32.6 Å². The molecule has 0 saturated carbocycles. The number of rotatable bonds is 12. The maximum absolute atomic E-state index is 6.35. The second-order valence-electron chi connectivity index (χ2n) is 12.5. The predicted octanol–water partition coefficient (Wildman–Crippen LogP) is 9.37. The molecule has 0 bridgehead atoms. The Morgan fingerprint density at radius 2 is 0.980 bits per heavy atom. The molecule has 0 fully saturated rings. The molecule has 0 radical (unpaired) electrons. The average Bonchev–Trinajstić information content (AvgIpc) is 3.61. The lowest BCUT2D eigenvalue weighted by Gasteiger charge is -2.12. The molecular formula is C41H36Cl2N6. The van der Waals surface area contributed by atoms with E-state index in [1.807, 2.05) is 48.8 Å². The van der Waals surface area contributed by atoms with Crippen molar-refractivity contribution in [3.8, 4) is 0 Å². The van der Waals surface area contributed by atoms with Gasteiger partial charge in [-0.3, -0.25) is 9.97 Å². The second kappa shape index (κ2) is 14.0. The zero-order valence-electron chi connectivity index (χ0n) is 27.0. The first kappa shape index (κ1) is 31.5. The van der Waals surface area contributed by atoms with Crippen LogP contribution in [0.4, 0.5) is 0 Å². The van der Waals surface area contributed by atoms with Gasteiger partial charge in [-0.25, -0.2) is 0 Å². The van der Waals surface area contributed by atoms with Gasteiger partial charge in [0, 0.05) is 81.2 Å². The van der Waals surface area contributed by atoms with Crippen LogP contribution >= 0.6 is 23.2 Å². The van der Waals surface area contributed by atoms with Crippen LogP contribution in [0.15, 0.2) is 122 Å². The fraction of sp³-hybridized carbons (Fsp3) is 0.171. The zero-order chi connectivity index (χ0) is 33.2. The lowest BCUT2D eigenvalue weighted by atomic mass is 10.1. The lowest BCUT2D eigenvalue weighted by molar-refractivity contribution is 0.588. The van der Waals surface area contributed by atoms with Gasteiger partial charge in [0.25, 0.3) is 0 Å². The largest absolute Gasteiger partial charge is 0.334 e. The van der Waals surface area contributed by atoms with Gasteiger partial charge >= 0.3 is 0 Å². The molecule has 0 amide bonds. The number of nitrogens with zero attached hydrogens (tertiary/aromatic N) is 4. The Morgan fingerprint density at radius 3 is 1.45 bits per heavy atom. The Bertz CT molecular complexity index is 2260. The van der Waals surface area contributed by atoms with E-state index >= 15 is 0 Å². The summed E-state index contributed by atoms with van der Waals surface area (Å²) >= 11 is 12.7. The second-order valence-corrected chi connectivity index (χ2v) is 13.4. The van der Waals surface area contributed by atoms with Crippen LogP contribution in [0.2, 0.25) is 10.0 Å². The van der Waals surface area contributed by atoms with E-state index in [0.717, 1.165) is 54.0 Å². The highest BCUT2D eigenvalue weighted by Crippen LogP contribution is 2.33. The van der Waals surface area contributed by atoms with Gasteiger partial charge in [-0.05, 0) is 79.2 Å². The number of hydrogen-bond acceptors (Lipinski definition) is 4. The SMILES string of the molecule is Clc1cccc(Cn2c3ccccc3c3ccnc(CNCCCNCc4nccc5c6ccccc6n(Cc6cccc(Cl)c6)c45)c32)c1. The van der Waals surface area contributed by atoms with Crippen LogP contribution in [0.1, 0.15) is 28.9 Å². The molecule has 4 aromatic carbocycles. The first-order valence-electron chi connectivity index (χ1n) is 16.7. The third-order valence-electron chi connectivity index (χ3n) is 9.26. The van der Waals surface area contributed by atoms with Crippen molar-refractivity contribution in [2.24, 2.45) is 0 Å². The number of halogens is 2. The summed E-state index contributed by atoms with van der Waals surface area (Å²) in [6.07, 6.45) is 4.83. The summed E-state index contributed by atoms with van der Waals surface area (Å²) in [6.45, 7) is 4.57. The summed E-state index contributed by atoms with van der Waals surface area (Å²) in [5.74, 6) is 0. The Morgan fingerprint density at radius 1 is 0.510 bits per heavy atom. The van der Waals surface area contributed by atoms with Gasteiger partial charge in [0.05, 0.1) is 22.4 Å². The van der Waals surface area contributed by atoms with Crippen molar-refractivity contribution in [2.75, 3.05) is 13.1 Å². The minimum absolute atomic E-state index is 0.688. The highest BCUT2D eigenvalue weighted by molar-refractivity contribution is 6.31. The van der Waals surface area contributed by atoms with Gasteiger partial charge in [-0.1, -0.05) is 83.9 Å². The number of nitrogens with one attached hydrogen (secondary N) is 2. The molecule has 0 spiro atoms. The average molecular weight is 684 g/mol. The van der Waals surface area contributed by atoms with E-state index < -0.39 is 0 Å². The fourth-order valence-corrected chi connectivity index (χ4v) is 7.55. The highest BCUT2D eigenvalue weighted by atomic mass is 35.5. The first-order valence-corrected chi connectivity index (χ1v) is 17.5. The smallest absolute Gasteiger partial charge is 0.0784 e. The monoisotopic (exact) mass is 682 g/mol. The summed E-state index contributed by atoms with van der Waals surface area (Å²) in [5.41, 5.74) is 9.16. The highest BCUT2D eigenvalue weighted by Gasteiger charge is 2.17. The molecule has 0 aliphatic rings. The van der Waals surface area contributed by atoms with Gasteiger partial charge in [0.1, 0.15) is 0 Å². The lowest BCUT2D eigenvalue weighted by Crippen LogP contribution is -2.22. The van der Waals surface area contributed by atoms with Gasteiger partial charge in [-0.15, -0.1) is 0 Å². The minimum Gasteiger partial charge on any atom is -0.334 e. The predicted molar refractivity (Wildman–Crippen MR) is 204 cm³/mol. The van der Waals surface area contributed by atoms with Crippen molar-refractivity contribution in [3.05, 3.63) is 154 Å². The van der Waals surface area contributed by atoms with Crippen molar-refractivity contribution in [3.63, 3.8) is 0 Å². The first-order chi connectivity index (χ1) is 24.1. The quantitative estimate of drug-likeness (QED) is 0.126. The topological polar surface area (TPSA) is 59.7 Å². The van der Waals surface area contributed by atoms with E-state index in [0.29, 0.717) is 13.1 Å². The van der Waals surface area contributed by atoms with Crippen molar-refractivity contribution >= 4 is 66.8 Å². The third kappa shape index (κ3) is 6.41. The molecule has 0 unspecified atom stereocenters. The molecule has 8 aromatic rings. The molecule has 244 valence electrons. The molecule has 0 atom stereocenters. The molecule has 0 aliphatic heterocycles. The molecule has 0 aliphatic carbocycles. The number of benzene rings is 4. The Hall–Kier alpha value is -4.72. The number of hydrogen-bond donors (Lipinski definition) is 2. The van der Waals surface area contributed by atoms with E-state index in [9.17, 15) is 0 Å². The van der Waals surface area contributed by atoms with Crippen molar-refractivity contribution < 1.29 is 0 Å². The van der Waals surface area contributed by atoms with E-state index in [2.05, 4.69) is 92.6 Å². The van der Waals surface area contributed by atoms with E-state index in [1.54, 1.807) is 0 Å². The van der Waals surface area contributed by atoms with Crippen LogP contribution in [0.5, 0.6) is 0 Å². The number of para-hydroxylation sites is 2. The van der Waals surface area contributed by atoms with E-state index in [-0.39, 0.29) is 0 Å². The molecular weight excluding hydrogens is 647 g/mol. The Labute approximate surface area is 295 Å². The van der Waals surface area contributed by atoms with Crippen LogP contribution in [-0.2, 0) is 26.2 Å². The maximum Gasteiger partial charge on any atom is 0.0784 e. The van der Waals surface area contributed by atoms with Crippen LogP contribution in [0, 0.1) is 0 Å². The van der Waals surface area contributed by atoms with Crippen molar-refractivity contribution in [1.82, 2.24) is 29.7 Å². The molecule has 4 heterocycles.